The molecule has 2 atom stereocenters. The summed E-state index contributed by atoms with van der Waals surface area (Å²) in [7, 11) is 0. The normalized spacial score (nSPS) is 12.6. The van der Waals surface area contributed by atoms with Crippen molar-refractivity contribution in [2.24, 2.45) is 0 Å². The van der Waals surface area contributed by atoms with E-state index in [0.717, 1.165) is 32.1 Å². The summed E-state index contributed by atoms with van der Waals surface area (Å²) in [4.78, 5) is 99.4. The molecular weight excluding hydrogens is 961 g/mol. The van der Waals surface area contributed by atoms with E-state index < -0.39 is 59.3 Å². The summed E-state index contributed by atoms with van der Waals surface area (Å²) in [5.41, 5.74) is -2.11. The molecule has 0 aliphatic heterocycles. The molecule has 0 aliphatic carbocycles. The lowest BCUT2D eigenvalue weighted by Crippen LogP contribution is -2.47. The average molecular weight is 1060 g/mol. The molecule has 0 saturated carbocycles. The first-order valence-electron chi connectivity index (χ1n) is 27.2. The minimum Gasteiger partial charge on any atom is -0.480 e. The molecule has 20 nitrogen and oxygen atoms in total. The number of carboxylic acids is 1. The van der Waals surface area contributed by atoms with Gasteiger partial charge in [0.05, 0.1) is 39.6 Å². The fraction of sp³-hybridized carbons (Fsp3) is 0.852. The maximum Gasteiger partial charge on any atom is 0.329 e. The Kier molecular flexibility index (Phi) is 39.3. The van der Waals surface area contributed by atoms with Gasteiger partial charge in [-0.15, -0.1) is 0 Å². The predicted octanol–water partition coefficient (Wildman–Crippen LogP) is 6.95. The highest BCUT2D eigenvalue weighted by atomic mass is 16.6. The Morgan fingerprint density at radius 3 is 1.12 bits per heavy atom. The number of hydrogen-bond acceptors (Lipinski definition) is 15. The number of unbranched alkanes of at least 4 members (excludes halogenated alkanes) is 15. The molecule has 74 heavy (non-hydrogen) atoms. The summed E-state index contributed by atoms with van der Waals surface area (Å²) in [6.45, 7) is 16.7. The third-order valence-corrected chi connectivity index (χ3v) is 10.7. The second kappa shape index (κ2) is 41.8. The average Bonchev–Trinajstić information content (AvgIpc) is 3.28. The molecule has 0 saturated heterocycles. The molecule has 0 fully saturated rings. The van der Waals surface area contributed by atoms with Crippen LogP contribution < -0.4 is 21.3 Å². The van der Waals surface area contributed by atoms with Crippen LogP contribution in [0.5, 0.6) is 0 Å². The number of esters is 3. The summed E-state index contributed by atoms with van der Waals surface area (Å²) >= 11 is 0. The lowest BCUT2D eigenvalue weighted by molar-refractivity contribution is -0.160. The number of carbonyl (C=O) groups is 8. The number of rotatable bonds is 45. The van der Waals surface area contributed by atoms with Crippen molar-refractivity contribution in [2.75, 3.05) is 65.9 Å². The number of ether oxygens (including phenoxy) is 7. The Morgan fingerprint density at radius 1 is 0.378 bits per heavy atom. The molecule has 0 aromatic carbocycles. The summed E-state index contributed by atoms with van der Waals surface area (Å²) in [5, 5.41) is 19.2. The Labute approximate surface area is 442 Å². The van der Waals surface area contributed by atoms with Crippen LogP contribution in [-0.2, 0) is 71.5 Å². The Morgan fingerprint density at radius 2 is 0.716 bits per heavy atom. The van der Waals surface area contributed by atoms with Gasteiger partial charge in [-0.3, -0.25) is 24.0 Å². The van der Waals surface area contributed by atoms with Crippen LogP contribution >= 0.6 is 0 Å². The van der Waals surface area contributed by atoms with Crippen LogP contribution in [0.4, 0.5) is 0 Å². The van der Waals surface area contributed by atoms with Gasteiger partial charge in [-0.2, -0.15) is 0 Å². The van der Waals surface area contributed by atoms with Gasteiger partial charge in [0.15, 0.2) is 0 Å². The maximum atomic E-state index is 13.3. The molecule has 0 aromatic heterocycles. The number of carbonyl (C=O) groups excluding carboxylic acids is 7. The summed E-state index contributed by atoms with van der Waals surface area (Å²) in [5.74, 6) is -4.17. The van der Waals surface area contributed by atoms with Gasteiger partial charge in [0.2, 0.25) is 23.6 Å². The van der Waals surface area contributed by atoms with E-state index in [4.69, 9.17) is 38.3 Å². The summed E-state index contributed by atoms with van der Waals surface area (Å²) < 4.78 is 37.2. The highest BCUT2D eigenvalue weighted by Gasteiger charge is 2.30. The van der Waals surface area contributed by atoms with E-state index >= 15 is 0 Å². The smallest absolute Gasteiger partial charge is 0.329 e. The topological polar surface area (TPSA) is 270 Å². The maximum absolute atomic E-state index is 13.3. The third-order valence-electron chi connectivity index (χ3n) is 10.7. The molecule has 0 aliphatic rings. The van der Waals surface area contributed by atoms with Crippen LogP contribution in [0, 0.1) is 0 Å². The quantitative estimate of drug-likeness (QED) is 0.0235. The minimum atomic E-state index is -1.16. The van der Waals surface area contributed by atoms with Crippen LogP contribution in [-0.4, -0.2) is 147 Å². The second-order valence-corrected chi connectivity index (χ2v) is 21.6. The first-order valence-corrected chi connectivity index (χ1v) is 27.2. The van der Waals surface area contributed by atoms with E-state index in [0.29, 0.717) is 12.8 Å². The molecule has 0 aromatic rings. The molecular formula is C54H98N4O16. The fourth-order valence-electron chi connectivity index (χ4n) is 7.18. The second-order valence-electron chi connectivity index (χ2n) is 21.6. The van der Waals surface area contributed by atoms with Crippen molar-refractivity contribution < 1.29 is 76.6 Å². The number of aliphatic carboxylic acids is 1. The molecule has 5 N–H and O–H groups in total. The van der Waals surface area contributed by atoms with E-state index in [2.05, 4.69) is 21.3 Å². The third kappa shape index (κ3) is 47.3. The Bertz CT molecular complexity index is 1590. The lowest BCUT2D eigenvalue weighted by Gasteiger charge is -2.26. The molecule has 0 radical (unpaired) electrons. The van der Waals surface area contributed by atoms with Crippen LogP contribution in [0.3, 0.4) is 0 Å². The first-order chi connectivity index (χ1) is 34.9. The number of carboxylic acid groups (broad SMARTS) is 1. The van der Waals surface area contributed by atoms with Gasteiger partial charge in [0.25, 0.3) is 0 Å². The largest absolute Gasteiger partial charge is 0.480 e. The number of nitrogens with one attached hydrogen (secondary N) is 4. The van der Waals surface area contributed by atoms with Crippen molar-refractivity contribution in [3.8, 4) is 0 Å². The van der Waals surface area contributed by atoms with Gasteiger partial charge in [0, 0.05) is 38.8 Å². The highest BCUT2D eigenvalue weighted by Crippen LogP contribution is 2.17. The van der Waals surface area contributed by atoms with E-state index in [1.807, 2.05) is 20.8 Å². The standard InChI is InChI=1S/C54H98N4O16/c1-52(2,3)72-49(65)27-25-23-21-19-17-15-13-11-10-12-14-16-18-20-22-24-26-45(60)57-43(51(67)74-54(7,8)9)29-31-46(61)58-42(50(66)73-53(4,5)6)28-30-44(59)55-32-34-68-36-38-70-40-47(62)56-33-35-69-37-39-71-41-48(63)64/h42-43H,10-41H2,1-9H3,(H,55,59)(H,56,62)(H,57,60)(H,58,61)(H,63,64). The SMILES string of the molecule is CC(C)(C)OC(=O)CCCCCCCCCCCCCCCCCCC(=O)NC(CCC(=O)NC(CCC(=O)NCCOCCOCC(=O)NCCOCCOCC(=O)O)C(=O)OC(C)(C)C)C(=O)OC(C)(C)C. The Balaban J connectivity index is 4.55. The molecule has 4 amide bonds. The van der Waals surface area contributed by atoms with Crippen molar-refractivity contribution in [1.82, 2.24) is 21.3 Å². The van der Waals surface area contributed by atoms with Crippen molar-refractivity contribution in [3.05, 3.63) is 0 Å². The first kappa shape index (κ1) is 69.6. The van der Waals surface area contributed by atoms with E-state index in [9.17, 15) is 38.4 Å². The zero-order valence-corrected chi connectivity index (χ0v) is 46.9. The van der Waals surface area contributed by atoms with E-state index in [1.54, 1.807) is 41.5 Å². The minimum absolute atomic E-state index is 0.0632. The van der Waals surface area contributed by atoms with Crippen molar-refractivity contribution >= 4 is 47.5 Å². The van der Waals surface area contributed by atoms with Crippen LogP contribution in [0.2, 0.25) is 0 Å². The van der Waals surface area contributed by atoms with Crippen molar-refractivity contribution in [2.45, 2.75) is 232 Å². The molecule has 0 rings (SSSR count). The van der Waals surface area contributed by atoms with E-state index in [1.165, 1.54) is 64.2 Å². The summed E-state index contributed by atoms with van der Waals surface area (Å²) in [6, 6.07) is -2.25. The van der Waals surface area contributed by atoms with Crippen LogP contribution in [0.25, 0.3) is 0 Å². The van der Waals surface area contributed by atoms with Gasteiger partial charge in [-0.05, 0) is 88.0 Å². The van der Waals surface area contributed by atoms with E-state index in [-0.39, 0.29) is 115 Å². The number of amides is 4. The predicted molar refractivity (Wildman–Crippen MR) is 280 cm³/mol. The highest BCUT2D eigenvalue weighted by molar-refractivity contribution is 5.87. The fourth-order valence-corrected chi connectivity index (χ4v) is 7.18. The molecule has 430 valence electrons. The van der Waals surface area contributed by atoms with Crippen LogP contribution in [0.1, 0.15) is 204 Å². The van der Waals surface area contributed by atoms with Crippen molar-refractivity contribution in [3.63, 3.8) is 0 Å². The van der Waals surface area contributed by atoms with Crippen LogP contribution in [0.15, 0.2) is 0 Å². The van der Waals surface area contributed by atoms with Gasteiger partial charge in [0.1, 0.15) is 42.1 Å². The molecule has 0 heterocycles. The molecule has 20 heteroatoms. The zero-order chi connectivity index (χ0) is 55.7. The lowest BCUT2D eigenvalue weighted by atomic mass is 10.0. The molecule has 0 bridgehead atoms. The molecule has 2 unspecified atom stereocenters. The van der Waals surface area contributed by atoms with Gasteiger partial charge in [-0.25, -0.2) is 14.4 Å². The summed E-state index contributed by atoms with van der Waals surface area (Å²) in [6.07, 6.45) is 18.2. The Hall–Kier alpha value is -4.40. The number of hydrogen-bond donors (Lipinski definition) is 5. The monoisotopic (exact) mass is 1060 g/mol. The van der Waals surface area contributed by atoms with Gasteiger partial charge < -0.3 is 59.5 Å². The van der Waals surface area contributed by atoms with Crippen molar-refractivity contribution in [1.29, 1.82) is 0 Å². The van der Waals surface area contributed by atoms with Gasteiger partial charge >= 0.3 is 23.9 Å². The van der Waals surface area contributed by atoms with Gasteiger partial charge in [-0.1, -0.05) is 89.9 Å². The molecule has 0 spiro atoms. The zero-order valence-electron chi connectivity index (χ0n) is 46.9.